The lowest BCUT2D eigenvalue weighted by atomic mass is 10.1. The number of benzene rings is 2. The van der Waals surface area contributed by atoms with Gasteiger partial charge < -0.3 is 4.74 Å². The third kappa shape index (κ3) is 3.18. The van der Waals surface area contributed by atoms with Crippen LogP contribution < -0.4 is 4.74 Å². The second kappa shape index (κ2) is 6.07. The van der Waals surface area contributed by atoms with Crippen LogP contribution in [-0.2, 0) is 10.1 Å². The van der Waals surface area contributed by atoms with Gasteiger partial charge in [-0.3, -0.25) is 4.55 Å². The summed E-state index contributed by atoms with van der Waals surface area (Å²) in [5, 5.41) is 1.08. The standard InChI is InChI=1S/C15H16O4S/c1-2-3-6-11-19-14-9-10-15(20(16,17)18)13-8-5-4-7-12(13)14/h4-11H,2-3H2,1H3,(H,16,17,18). The number of fused-ring (bicyclic) bond motifs is 1. The second-order valence-electron chi connectivity index (χ2n) is 4.36. The molecule has 0 aromatic heterocycles. The predicted molar refractivity (Wildman–Crippen MR) is 78.4 cm³/mol. The van der Waals surface area contributed by atoms with Gasteiger partial charge in [0.15, 0.2) is 0 Å². The van der Waals surface area contributed by atoms with Gasteiger partial charge in [0.2, 0.25) is 0 Å². The molecule has 0 unspecified atom stereocenters. The van der Waals surface area contributed by atoms with Crippen molar-refractivity contribution in [3.63, 3.8) is 0 Å². The highest BCUT2D eigenvalue weighted by Crippen LogP contribution is 2.31. The van der Waals surface area contributed by atoms with Crippen molar-refractivity contribution in [2.75, 3.05) is 0 Å². The van der Waals surface area contributed by atoms with E-state index < -0.39 is 10.1 Å². The van der Waals surface area contributed by atoms with Gasteiger partial charge in [0, 0.05) is 10.8 Å². The molecule has 0 fully saturated rings. The Hall–Kier alpha value is -1.85. The van der Waals surface area contributed by atoms with Crippen molar-refractivity contribution in [1.82, 2.24) is 0 Å². The second-order valence-corrected chi connectivity index (χ2v) is 5.75. The van der Waals surface area contributed by atoms with Gasteiger partial charge in [-0.25, -0.2) is 0 Å². The van der Waals surface area contributed by atoms with Crippen molar-refractivity contribution in [3.05, 3.63) is 48.7 Å². The van der Waals surface area contributed by atoms with E-state index in [0.29, 0.717) is 16.5 Å². The van der Waals surface area contributed by atoms with E-state index in [2.05, 4.69) is 6.92 Å². The topological polar surface area (TPSA) is 63.6 Å². The minimum atomic E-state index is -4.25. The molecule has 0 saturated carbocycles. The Labute approximate surface area is 118 Å². The molecule has 20 heavy (non-hydrogen) atoms. The fraction of sp³-hybridized carbons (Fsp3) is 0.200. The maximum Gasteiger partial charge on any atom is 0.295 e. The maximum absolute atomic E-state index is 11.4. The third-order valence-electron chi connectivity index (χ3n) is 2.87. The van der Waals surface area contributed by atoms with E-state index in [0.717, 1.165) is 12.8 Å². The number of hydrogen-bond donors (Lipinski definition) is 1. The molecule has 0 heterocycles. The van der Waals surface area contributed by atoms with Crippen LogP contribution >= 0.6 is 0 Å². The van der Waals surface area contributed by atoms with Crippen LogP contribution in [0.4, 0.5) is 0 Å². The summed E-state index contributed by atoms with van der Waals surface area (Å²) < 4.78 is 37.5. The lowest BCUT2D eigenvalue weighted by Gasteiger charge is -2.08. The Morgan fingerprint density at radius 3 is 2.50 bits per heavy atom. The molecule has 0 aliphatic rings. The first-order chi connectivity index (χ1) is 9.54. The summed E-state index contributed by atoms with van der Waals surface area (Å²) in [6.07, 6.45) is 5.45. The highest BCUT2D eigenvalue weighted by molar-refractivity contribution is 7.86. The highest BCUT2D eigenvalue weighted by Gasteiger charge is 2.15. The average Bonchev–Trinajstić information content (AvgIpc) is 2.42. The monoisotopic (exact) mass is 292 g/mol. The van der Waals surface area contributed by atoms with Gasteiger partial charge in [-0.05, 0) is 24.6 Å². The minimum absolute atomic E-state index is 0.113. The van der Waals surface area contributed by atoms with Crippen molar-refractivity contribution >= 4 is 20.9 Å². The van der Waals surface area contributed by atoms with Crippen molar-refractivity contribution in [1.29, 1.82) is 0 Å². The Balaban J connectivity index is 2.49. The Bertz CT molecular complexity index is 733. The number of allylic oxidation sites excluding steroid dienone is 1. The average molecular weight is 292 g/mol. The van der Waals surface area contributed by atoms with Crippen molar-refractivity contribution in [2.24, 2.45) is 0 Å². The molecule has 0 amide bonds. The zero-order chi connectivity index (χ0) is 14.6. The zero-order valence-corrected chi connectivity index (χ0v) is 11.9. The van der Waals surface area contributed by atoms with E-state index in [-0.39, 0.29) is 4.90 Å². The minimum Gasteiger partial charge on any atom is -0.465 e. The van der Waals surface area contributed by atoms with Crippen molar-refractivity contribution in [3.8, 4) is 5.75 Å². The van der Waals surface area contributed by atoms with Gasteiger partial charge >= 0.3 is 0 Å². The Morgan fingerprint density at radius 2 is 1.85 bits per heavy atom. The fourth-order valence-electron chi connectivity index (χ4n) is 1.93. The molecule has 0 radical (unpaired) electrons. The molecule has 5 heteroatoms. The summed E-state index contributed by atoms with van der Waals surface area (Å²) in [5.41, 5.74) is 0. The quantitative estimate of drug-likeness (QED) is 0.673. The molecule has 2 aromatic rings. The largest absolute Gasteiger partial charge is 0.465 e. The van der Waals surface area contributed by atoms with Gasteiger partial charge in [-0.2, -0.15) is 8.42 Å². The summed E-state index contributed by atoms with van der Waals surface area (Å²) in [4.78, 5) is -0.113. The van der Waals surface area contributed by atoms with Crippen molar-refractivity contribution < 1.29 is 17.7 Å². The summed E-state index contributed by atoms with van der Waals surface area (Å²) >= 11 is 0. The van der Waals surface area contributed by atoms with Crippen LogP contribution in [0.1, 0.15) is 19.8 Å². The molecular weight excluding hydrogens is 276 g/mol. The van der Waals surface area contributed by atoms with E-state index in [1.807, 2.05) is 6.08 Å². The van der Waals surface area contributed by atoms with Gasteiger partial charge in [0.25, 0.3) is 10.1 Å². The van der Waals surface area contributed by atoms with Gasteiger partial charge in [-0.1, -0.05) is 37.6 Å². The van der Waals surface area contributed by atoms with Crippen LogP contribution in [0, 0.1) is 0 Å². The van der Waals surface area contributed by atoms with Crippen LogP contribution in [0.2, 0.25) is 0 Å². The number of hydrogen-bond acceptors (Lipinski definition) is 3. The highest BCUT2D eigenvalue weighted by atomic mass is 32.2. The summed E-state index contributed by atoms with van der Waals surface area (Å²) in [5.74, 6) is 0.556. The molecule has 1 N–H and O–H groups in total. The lowest BCUT2D eigenvalue weighted by Crippen LogP contribution is -1.99. The van der Waals surface area contributed by atoms with E-state index in [1.54, 1.807) is 36.6 Å². The van der Waals surface area contributed by atoms with Crippen LogP contribution in [0.25, 0.3) is 10.8 Å². The molecule has 2 rings (SSSR count). The first kappa shape index (κ1) is 14.6. The number of unbranched alkanes of at least 4 members (excludes halogenated alkanes) is 1. The maximum atomic E-state index is 11.4. The van der Waals surface area contributed by atoms with E-state index in [4.69, 9.17) is 4.74 Å². The van der Waals surface area contributed by atoms with E-state index in [9.17, 15) is 13.0 Å². The van der Waals surface area contributed by atoms with Crippen LogP contribution in [0.5, 0.6) is 5.75 Å². The van der Waals surface area contributed by atoms with Crippen LogP contribution in [0.3, 0.4) is 0 Å². The molecule has 0 spiro atoms. The smallest absolute Gasteiger partial charge is 0.295 e. The number of ether oxygens (including phenoxy) is 1. The van der Waals surface area contributed by atoms with Crippen molar-refractivity contribution in [2.45, 2.75) is 24.7 Å². The van der Waals surface area contributed by atoms with Crippen LogP contribution in [0.15, 0.2) is 53.6 Å². The molecule has 4 nitrogen and oxygen atoms in total. The Morgan fingerprint density at radius 1 is 1.15 bits per heavy atom. The molecule has 0 aliphatic heterocycles. The molecule has 0 aliphatic carbocycles. The first-order valence-corrected chi connectivity index (χ1v) is 7.79. The lowest BCUT2D eigenvalue weighted by molar-refractivity contribution is 0.480. The molecule has 2 aromatic carbocycles. The normalized spacial score (nSPS) is 12.1. The van der Waals surface area contributed by atoms with Crippen LogP contribution in [-0.4, -0.2) is 13.0 Å². The first-order valence-electron chi connectivity index (χ1n) is 6.35. The van der Waals surface area contributed by atoms with E-state index in [1.165, 1.54) is 6.07 Å². The zero-order valence-electron chi connectivity index (χ0n) is 11.1. The summed E-state index contributed by atoms with van der Waals surface area (Å²) in [6.45, 7) is 2.07. The van der Waals surface area contributed by atoms with E-state index >= 15 is 0 Å². The predicted octanol–water partition coefficient (Wildman–Crippen LogP) is 3.78. The summed E-state index contributed by atoms with van der Waals surface area (Å²) in [6, 6.07) is 9.79. The molecule has 0 atom stereocenters. The van der Waals surface area contributed by atoms with Gasteiger partial charge in [-0.15, -0.1) is 0 Å². The molecule has 0 saturated heterocycles. The molecular formula is C15H16O4S. The third-order valence-corrected chi connectivity index (χ3v) is 3.78. The molecule has 106 valence electrons. The van der Waals surface area contributed by atoms with Gasteiger partial charge in [0.1, 0.15) is 10.6 Å². The Kier molecular flexibility index (Phi) is 4.42. The SMILES string of the molecule is CCCC=COc1ccc(S(=O)(=O)O)c2ccccc12. The number of rotatable bonds is 5. The fourth-order valence-corrected chi connectivity index (χ4v) is 2.62. The summed E-state index contributed by atoms with van der Waals surface area (Å²) in [7, 11) is -4.25. The molecule has 0 bridgehead atoms. The van der Waals surface area contributed by atoms with Gasteiger partial charge in [0.05, 0.1) is 6.26 Å².